The molecule has 2 N–H and O–H groups in total. The fraction of sp³-hybridized carbons (Fsp3) is 0.667. The normalized spacial score (nSPS) is 31.3. The third-order valence-corrected chi connectivity index (χ3v) is 7.32. The van der Waals surface area contributed by atoms with Crippen molar-refractivity contribution in [3.05, 3.63) is 35.4 Å². The number of fused-ring (bicyclic) bond motifs is 1. The Kier molecular flexibility index (Phi) is 6.44. The Balaban J connectivity index is 1.55. The highest BCUT2D eigenvalue weighted by Gasteiger charge is 2.48. The van der Waals surface area contributed by atoms with Gasteiger partial charge >= 0.3 is 5.97 Å². The molecule has 1 aromatic rings. The van der Waals surface area contributed by atoms with Gasteiger partial charge in [-0.1, -0.05) is 37.1 Å². The molecule has 2 aliphatic heterocycles. The molecule has 1 aliphatic carbocycles. The molecule has 0 bridgehead atoms. The summed E-state index contributed by atoms with van der Waals surface area (Å²) in [5.41, 5.74) is 8.29. The lowest BCUT2D eigenvalue weighted by Gasteiger charge is -2.42. The molecule has 3 fully saturated rings. The number of carbonyl (C=O) groups is 2. The topological polar surface area (TPSA) is 70.7 Å². The van der Waals surface area contributed by atoms with Crippen molar-refractivity contribution in [1.29, 1.82) is 0 Å². The van der Waals surface area contributed by atoms with Crippen molar-refractivity contribution in [2.75, 3.05) is 19.7 Å². The molecule has 2 heterocycles. The quantitative estimate of drug-likeness (QED) is 0.727. The first-order chi connectivity index (χ1) is 14.5. The van der Waals surface area contributed by atoms with Gasteiger partial charge in [0.25, 0.3) is 0 Å². The number of benzene rings is 1. The maximum Gasteiger partial charge on any atom is 0.314 e. The fourth-order valence-electron chi connectivity index (χ4n) is 5.64. The zero-order valence-corrected chi connectivity index (χ0v) is 18.3. The average Bonchev–Trinajstić information content (AvgIpc) is 3.19. The van der Waals surface area contributed by atoms with Gasteiger partial charge in [0, 0.05) is 25.0 Å². The highest BCUT2D eigenvalue weighted by Crippen LogP contribution is 2.38. The van der Waals surface area contributed by atoms with E-state index < -0.39 is 5.41 Å². The first-order valence-corrected chi connectivity index (χ1v) is 11.6. The van der Waals surface area contributed by atoms with E-state index in [0.717, 1.165) is 31.2 Å². The molecule has 164 valence electrons. The number of ether oxygens (including phenoxy) is 1. The molecule has 6 nitrogen and oxygen atoms in total. The van der Waals surface area contributed by atoms with Crippen LogP contribution in [0.2, 0.25) is 0 Å². The lowest BCUT2D eigenvalue weighted by molar-refractivity contribution is -0.161. The molecule has 2 saturated heterocycles. The largest absolute Gasteiger partial charge is 0.466 e. The lowest BCUT2D eigenvalue weighted by Crippen LogP contribution is -2.56. The third-order valence-electron chi connectivity index (χ3n) is 7.32. The van der Waals surface area contributed by atoms with Gasteiger partial charge in [0.2, 0.25) is 5.91 Å². The van der Waals surface area contributed by atoms with E-state index in [1.807, 2.05) is 24.0 Å². The van der Waals surface area contributed by atoms with E-state index in [0.29, 0.717) is 38.1 Å². The average molecular weight is 414 g/mol. The summed E-state index contributed by atoms with van der Waals surface area (Å²) >= 11 is 0. The van der Waals surface area contributed by atoms with Crippen LogP contribution in [0.15, 0.2) is 24.3 Å². The van der Waals surface area contributed by atoms with Gasteiger partial charge in [-0.05, 0) is 57.1 Å². The number of hydrogen-bond donors (Lipinski definition) is 2. The number of nitrogens with zero attached hydrogens (tertiary/aromatic N) is 1. The Labute approximate surface area is 179 Å². The predicted octanol–water partition coefficient (Wildman–Crippen LogP) is 2.74. The van der Waals surface area contributed by atoms with Gasteiger partial charge in [-0.25, -0.2) is 5.43 Å². The monoisotopic (exact) mass is 413 g/mol. The smallest absolute Gasteiger partial charge is 0.314 e. The van der Waals surface area contributed by atoms with Crippen molar-refractivity contribution in [3.8, 4) is 0 Å². The van der Waals surface area contributed by atoms with Crippen LogP contribution in [-0.2, 0) is 20.7 Å². The van der Waals surface area contributed by atoms with Gasteiger partial charge in [-0.3, -0.25) is 15.0 Å². The highest BCUT2D eigenvalue weighted by atomic mass is 16.5. The van der Waals surface area contributed by atoms with Crippen molar-refractivity contribution in [1.82, 2.24) is 15.8 Å². The zero-order chi connectivity index (χ0) is 21.1. The van der Waals surface area contributed by atoms with Crippen molar-refractivity contribution in [2.24, 2.45) is 11.3 Å². The molecular formula is C24H35N3O3. The first-order valence-electron chi connectivity index (χ1n) is 11.6. The number of carbonyl (C=O) groups excluding carboxylic acids is 2. The van der Waals surface area contributed by atoms with Gasteiger partial charge in [0.1, 0.15) is 6.04 Å². The van der Waals surface area contributed by atoms with Crippen LogP contribution in [0.5, 0.6) is 0 Å². The molecule has 4 unspecified atom stereocenters. The minimum Gasteiger partial charge on any atom is -0.466 e. The number of esters is 1. The Morgan fingerprint density at radius 1 is 1.17 bits per heavy atom. The number of nitrogens with one attached hydrogen (secondary N) is 2. The second kappa shape index (κ2) is 9.06. The molecule has 1 amide bonds. The Hall–Kier alpha value is -1.92. The molecule has 1 saturated carbocycles. The van der Waals surface area contributed by atoms with Crippen LogP contribution in [0.1, 0.15) is 56.6 Å². The van der Waals surface area contributed by atoms with E-state index in [-0.39, 0.29) is 17.9 Å². The fourth-order valence-corrected chi connectivity index (χ4v) is 5.64. The SMILES string of the molecule is CCOC(=O)C1(Cc2ccccc2C)CCCN(C(=O)C2NNC3CCCCC32)C1. The second-order valence-corrected chi connectivity index (χ2v) is 9.29. The molecule has 3 aliphatic rings. The molecule has 0 spiro atoms. The van der Waals surface area contributed by atoms with E-state index >= 15 is 0 Å². The van der Waals surface area contributed by atoms with Crippen molar-refractivity contribution >= 4 is 11.9 Å². The summed E-state index contributed by atoms with van der Waals surface area (Å²) in [6, 6.07) is 8.41. The molecule has 4 rings (SSSR count). The summed E-state index contributed by atoms with van der Waals surface area (Å²) in [6.07, 6.45) is 6.82. The summed E-state index contributed by atoms with van der Waals surface area (Å²) in [7, 11) is 0. The molecule has 0 radical (unpaired) electrons. The number of amides is 1. The Morgan fingerprint density at radius 3 is 2.77 bits per heavy atom. The molecule has 1 aromatic carbocycles. The van der Waals surface area contributed by atoms with Crippen molar-refractivity contribution in [3.63, 3.8) is 0 Å². The van der Waals surface area contributed by atoms with Gasteiger partial charge in [0.05, 0.1) is 12.0 Å². The second-order valence-electron chi connectivity index (χ2n) is 9.29. The molecule has 0 aromatic heterocycles. The third kappa shape index (κ3) is 4.12. The lowest BCUT2D eigenvalue weighted by atomic mass is 9.74. The summed E-state index contributed by atoms with van der Waals surface area (Å²) < 4.78 is 5.53. The van der Waals surface area contributed by atoms with E-state index in [1.165, 1.54) is 18.4 Å². The summed E-state index contributed by atoms with van der Waals surface area (Å²) in [4.78, 5) is 28.6. The minimum absolute atomic E-state index is 0.134. The standard InChI is InChI=1S/C24H35N3O3/c1-3-30-23(29)24(15-18-10-5-4-9-17(18)2)13-8-14-27(16-24)22(28)21-19-11-6-7-12-20(19)25-26-21/h4-5,9-10,19-21,25-26H,3,6-8,11-16H2,1-2H3. The van der Waals surface area contributed by atoms with Gasteiger partial charge < -0.3 is 9.64 Å². The number of likely N-dealkylation sites (tertiary alicyclic amines) is 1. The number of piperidine rings is 1. The van der Waals surface area contributed by atoms with Crippen LogP contribution in [0.3, 0.4) is 0 Å². The Bertz CT molecular complexity index is 783. The van der Waals surface area contributed by atoms with Crippen LogP contribution < -0.4 is 10.9 Å². The van der Waals surface area contributed by atoms with Crippen LogP contribution in [-0.4, -0.2) is 48.6 Å². The van der Waals surface area contributed by atoms with Gasteiger partial charge in [0.15, 0.2) is 0 Å². The number of hydrazine groups is 1. The zero-order valence-electron chi connectivity index (χ0n) is 18.3. The van der Waals surface area contributed by atoms with E-state index in [4.69, 9.17) is 4.74 Å². The molecule has 30 heavy (non-hydrogen) atoms. The summed E-state index contributed by atoms with van der Waals surface area (Å²) in [6.45, 7) is 5.44. The first kappa shape index (κ1) is 21.3. The molecule has 4 atom stereocenters. The number of hydrogen-bond acceptors (Lipinski definition) is 5. The summed E-state index contributed by atoms with van der Waals surface area (Å²) in [5.74, 6) is 0.315. The van der Waals surface area contributed by atoms with E-state index in [2.05, 4.69) is 29.9 Å². The van der Waals surface area contributed by atoms with Crippen molar-refractivity contribution < 1.29 is 14.3 Å². The van der Waals surface area contributed by atoms with Crippen LogP contribution in [0, 0.1) is 18.3 Å². The summed E-state index contributed by atoms with van der Waals surface area (Å²) in [5, 5.41) is 0. The van der Waals surface area contributed by atoms with Gasteiger partial charge in [-0.2, -0.15) is 0 Å². The molecular weight excluding hydrogens is 378 g/mol. The van der Waals surface area contributed by atoms with E-state index in [9.17, 15) is 9.59 Å². The number of aryl methyl sites for hydroxylation is 1. The minimum atomic E-state index is -0.673. The maximum absolute atomic E-state index is 13.5. The maximum atomic E-state index is 13.5. The highest BCUT2D eigenvalue weighted by molar-refractivity contribution is 5.85. The van der Waals surface area contributed by atoms with Crippen molar-refractivity contribution in [2.45, 2.75) is 70.9 Å². The number of rotatable bonds is 5. The Morgan fingerprint density at radius 2 is 1.97 bits per heavy atom. The predicted molar refractivity (Wildman–Crippen MR) is 116 cm³/mol. The van der Waals surface area contributed by atoms with Gasteiger partial charge in [-0.15, -0.1) is 0 Å². The van der Waals surface area contributed by atoms with E-state index in [1.54, 1.807) is 0 Å². The van der Waals surface area contributed by atoms with Crippen LogP contribution in [0.4, 0.5) is 0 Å². The van der Waals surface area contributed by atoms with Crippen LogP contribution >= 0.6 is 0 Å². The van der Waals surface area contributed by atoms with Crippen LogP contribution in [0.25, 0.3) is 0 Å². The molecule has 6 heteroatoms.